The van der Waals surface area contributed by atoms with Gasteiger partial charge in [-0.1, -0.05) is 6.92 Å². The van der Waals surface area contributed by atoms with Gasteiger partial charge < -0.3 is 14.8 Å². The molecule has 2 rings (SSSR count). The zero-order valence-corrected chi connectivity index (χ0v) is 11.2. The molecule has 1 N–H and O–H groups in total. The molecule has 0 atom stereocenters. The standard InChI is InChI=1S/C14H25N3/c1-3-9-17-10-4-5-14(17)12-15-8-11-16(2)13-6-7-13/h4-5,10,13,15H,3,6-9,11-12H2,1-2H3. The van der Waals surface area contributed by atoms with Crippen molar-refractivity contribution in [3.05, 3.63) is 24.0 Å². The maximum Gasteiger partial charge on any atom is 0.0359 e. The van der Waals surface area contributed by atoms with Crippen LogP contribution in [0.4, 0.5) is 0 Å². The van der Waals surface area contributed by atoms with Crippen molar-refractivity contribution in [3.8, 4) is 0 Å². The summed E-state index contributed by atoms with van der Waals surface area (Å²) in [4.78, 5) is 2.47. The van der Waals surface area contributed by atoms with Gasteiger partial charge in [-0.15, -0.1) is 0 Å². The van der Waals surface area contributed by atoms with Crippen molar-refractivity contribution >= 4 is 0 Å². The Balaban J connectivity index is 1.64. The van der Waals surface area contributed by atoms with Gasteiger partial charge in [-0.25, -0.2) is 0 Å². The Morgan fingerprint density at radius 2 is 2.29 bits per heavy atom. The lowest BCUT2D eigenvalue weighted by molar-refractivity contribution is 0.321. The lowest BCUT2D eigenvalue weighted by Crippen LogP contribution is -2.30. The molecule has 0 spiro atoms. The Kier molecular flexibility index (Phi) is 4.63. The van der Waals surface area contributed by atoms with Gasteiger partial charge in [0, 0.05) is 44.1 Å². The van der Waals surface area contributed by atoms with Crippen molar-refractivity contribution < 1.29 is 0 Å². The third kappa shape index (κ3) is 3.86. The Morgan fingerprint density at radius 3 is 3.00 bits per heavy atom. The highest BCUT2D eigenvalue weighted by molar-refractivity contribution is 5.06. The maximum atomic E-state index is 3.54. The van der Waals surface area contributed by atoms with E-state index in [4.69, 9.17) is 0 Å². The summed E-state index contributed by atoms with van der Waals surface area (Å²) in [6, 6.07) is 5.23. The number of hydrogen-bond donors (Lipinski definition) is 1. The van der Waals surface area contributed by atoms with Crippen molar-refractivity contribution in [3.63, 3.8) is 0 Å². The quantitative estimate of drug-likeness (QED) is 0.696. The van der Waals surface area contributed by atoms with Crippen LogP contribution in [-0.2, 0) is 13.1 Å². The summed E-state index contributed by atoms with van der Waals surface area (Å²) < 4.78 is 2.34. The second-order valence-electron chi connectivity index (χ2n) is 5.08. The molecule has 0 amide bonds. The summed E-state index contributed by atoms with van der Waals surface area (Å²) in [7, 11) is 2.24. The molecule has 1 heterocycles. The monoisotopic (exact) mass is 235 g/mol. The molecule has 0 radical (unpaired) electrons. The third-order valence-corrected chi connectivity index (χ3v) is 3.51. The van der Waals surface area contributed by atoms with E-state index in [9.17, 15) is 0 Å². The summed E-state index contributed by atoms with van der Waals surface area (Å²) in [6.45, 7) is 6.60. The van der Waals surface area contributed by atoms with Crippen molar-refractivity contribution in [2.75, 3.05) is 20.1 Å². The molecule has 1 saturated carbocycles. The average Bonchev–Trinajstić information content (AvgIpc) is 3.08. The first-order valence-corrected chi connectivity index (χ1v) is 6.86. The first-order valence-electron chi connectivity index (χ1n) is 6.86. The number of hydrogen-bond acceptors (Lipinski definition) is 2. The number of aromatic nitrogens is 1. The Labute approximate surface area is 105 Å². The van der Waals surface area contributed by atoms with Crippen molar-refractivity contribution in [1.29, 1.82) is 0 Å². The fourth-order valence-electron chi connectivity index (χ4n) is 2.24. The number of likely N-dealkylation sites (N-methyl/N-ethyl adjacent to an activating group) is 1. The Hall–Kier alpha value is -0.800. The van der Waals surface area contributed by atoms with E-state index in [2.05, 4.69) is 47.1 Å². The second kappa shape index (κ2) is 6.22. The van der Waals surface area contributed by atoms with E-state index >= 15 is 0 Å². The first kappa shape index (κ1) is 12.7. The van der Waals surface area contributed by atoms with E-state index < -0.39 is 0 Å². The van der Waals surface area contributed by atoms with Crippen LogP contribution in [-0.4, -0.2) is 35.6 Å². The van der Waals surface area contributed by atoms with Gasteiger partial charge in [0.05, 0.1) is 0 Å². The van der Waals surface area contributed by atoms with Gasteiger partial charge in [-0.2, -0.15) is 0 Å². The Bertz CT molecular complexity index is 328. The topological polar surface area (TPSA) is 20.2 Å². The number of rotatable bonds is 8. The zero-order chi connectivity index (χ0) is 12.1. The molecule has 0 aliphatic heterocycles. The van der Waals surface area contributed by atoms with E-state index in [1.807, 2.05) is 0 Å². The highest BCUT2D eigenvalue weighted by atomic mass is 15.2. The SMILES string of the molecule is CCCn1cccc1CNCCN(C)C1CC1. The third-order valence-electron chi connectivity index (χ3n) is 3.51. The number of aryl methyl sites for hydroxylation is 1. The van der Waals surface area contributed by atoms with Gasteiger partial charge in [0.25, 0.3) is 0 Å². The molecule has 3 nitrogen and oxygen atoms in total. The number of nitrogens with zero attached hydrogens (tertiary/aromatic N) is 2. The van der Waals surface area contributed by atoms with E-state index in [1.165, 1.54) is 31.5 Å². The molecule has 17 heavy (non-hydrogen) atoms. The van der Waals surface area contributed by atoms with Gasteiger partial charge in [-0.05, 0) is 38.4 Å². The minimum atomic E-state index is 0.876. The molecule has 1 aliphatic carbocycles. The molecule has 3 heteroatoms. The lowest BCUT2D eigenvalue weighted by Gasteiger charge is -2.16. The second-order valence-corrected chi connectivity index (χ2v) is 5.08. The van der Waals surface area contributed by atoms with E-state index in [1.54, 1.807) is 0 Å². The predicted molar refractivity (Wildman–Crippen MR) is 72.1 cm³/mol. The van der Waals surface area contributed by atoms with Crippen LogP contribution in [0.1, 0.15) is 31.9 Å². The highest BCUT2D eigenvalue weighted by Gasteiger charge is 2.25. The van der Waals surface area contributed by atoms with Crippen LogP contribution in [0.25, 0.3) is 0 Å². The molecular formula is C14H25N3. The molecule has 96 valence electrons. The van der Waals surface area contributed by atoms with Crippen molar-refractivity contribution in [2.24, 2.45) is 0 Å². The molecule has 0 bridgehead atoms. The van der Waals surface area contributed by atoms with Crippen LogP contribution < -0.4 is 5.32 Å². The summed E-state index contributed by atoms with van der Waals surface area (Å²) in [5.74, 6) is 0. The summed E-state index contributed by atoms with van der Waals surface area (Å²) in [6.07, 6.45) is 6.18. The van der Waals surface area contributed by atoms with Crippen LogP contribution in [0.15, 0.2) is 18.3 Å². The zero-order valence-electron chi connectivity index (χ0n) is 11.2. The molecule has 0 aromatic carbocycles. The van der Waals surface area contributed by atoms with E-state index in [0.29, 0.717) is 0 Å². The fraction of sp³-hybridized carbons (Fsp3) is 0.714. The van der Waals surface area contributed by atoms with Crippen LogP contribution in [0, 0.1) is 0 Å². The van der Waals surface area contributed by atoms with Gasteiger partial charge >= 0.3 is 0 Å². The minimum Gasteiger partial charge on any atom is -0.350 e. The van der Waals surface area contributed by atoms with Crippen LogP contribution in [0.3, 0.4) is 0 Å². The van der Waals surface area contributed by atoms with Gasteiger partial charge in [0.15, 0.2) is 0 Å². The van der Waals surface area contributed by atoms with Gasteiger partial charge in [-0.3, -0.25) is 0 Å². The number of nitrogens with one attached hydrogen (secondary N) is 1. The van der Waals surface area contributed by atoms with E-state index in [-0.39, 0.29) is 0 Å². The molecule has 1 aromatic rings. The normalized spacial score (nSPS) is 15.7. The van der Waals surface area contributed by atoms with Crippen molar-refractivity contribution in [1.82, 2.24) is 14.8 Å². The largest absolute Gasteiger partial charge is 0.350 e. The summed E-state index contributed by atoms with van der Waals surface area (Å²) >= 11 is 0. The summed E-state index contributed by atoms with van der Waals surface area (Å²) in [5, 5.41) is 3.54. The van der Waals surface area contributed by atoms with Gasteiger partial charge in [0.1, 0.15) is 0 Å². The molecule has 0 saturated heterocycles. The van der Waals surface area contributed by atoms with Crippen LogP contribution in [0.5, 0.6) is 0 Å². The average molecular weight is 235 g/mol. The lowest BCUT2D eigenvalue weighted by atomic mass is 10.4. The van der Waals surface area contributed by atoms with E-state index in [0.717, 1.165) is 25.7 Å². The predicted octanol–water partition coefficient (Wildman–Crippen LogP) is 2.08. The van der Waals surface area contributed by atoms with Crippen LogP contribution >= 0.6 is 0 Å². The smallest absolute Gasteiger partial charge is 0.0359 e. The minimum absolute atomic E-state index is 0.876. The molecule has 1 aromatic heterocycles. The summed E-state index contributed by atoms with van der Waals surface area (Å²) in [5.41, 5.74) is 1.40. The highest BCUT2D eigenvalue weighted by Crippen LogP contribution is 2.24. The fourth-order valence-corrected chi connectivity index (χ4v) is 2.24. The van der Waals surface area contributed by atoms with Crippen molar-refractivity contribution in [2.45, 2.75) is 45.3 Å². The molecule has 1 aliphatic rings. The first-order chi connectivity index (χ1) is 8.31. The maximum absolute atomic E-state index is 3.54. The Morgan fingerprint density at radius 1 is 1.47 bits per heavy atom. The molecular weight excluding hydrogens is 210 g/mol. The van der Waals surface area contributed by atoms with Crippen LogP contribution in [0.2, 0.25) is 0 Å². The molecule has 0 unspecified atom stereocenters. The molecule has 1 fully saturated rings. The van der Waals surface area contributed by atoms with Gasteiger partial charge in [0.2, 0.25) is 0 Å².